The monoisotopic (exact) mass is 309 g/mol. The molecule has 21 heavy (non-hydrogen) atoms. The largest absolute Gasteiger partial charge is 0.494 e. The van der Waals surface area contributed by atoms with Crippen molar-refractivity contribution in [2.45, 2.75) is 25.8 Å². The first-order valence-electron chi connectivity index (χ1n) is 6.87. The topological polar surface area (TPSA) is 66.8 Å². The average molecular weight is 309 g/mol. The zero-order chi connectivity index (χ0) is 15.2. The second-order valence-electron chi connectivity index (χ2n) is 4.99. The van der Waals surface area contributed by atoms with Gasteiger partial charge in [-0.25, -0.2) is 4.79 Å². The van der Waals surface area contributed by atoms with Crippen LogP contribution in [-0.4, -0.2) is 46.2 Å². The Kier molecular flexibility index (Phi) is 5.50. The molecule has 0 aliphatic carbocycles. The van der Waals surface area contributed by atoms with Gasteiger partial charge in [-0.15, -0.1) is 11.8 Å². The first kappa shape index (κ1) is 15.7. The minimum absolute atomic E-state index is 0.111. The lowest BCUT2D eigenvalue weighted by Gasteiger charge is -2.20. The lowest BCUT2D eigenvalue weighted by Crippen LogP contribution is -2.41. The molecule has 5 nitrogen and oxygen atoms in total. The summed E-state index contributed by atoms with van der Waals surface area (Å²) in [6.07, 6.45) is 0.899. The molecule has 0 bridgehead atoms. The summed E-state index contributed by atoms with van der Waals surface area (Å²) in [7, 11) is 0. The zero-order valence-electron chi connectivity index (χ0n) is 11.9. The van der Waals surface area contributed by atoms with E-state index in [9.17, 15) is 9.59 Å². The molecule has 1 heterocycles. The van der Waals surface area contributed by atoms with E-state index in [4.69, 9.17) is 9.84 Å². The van der Waals surface area contributed by atoms with Gasteiger partial charge in [-0.3, -0.25) is 4.79 Å². The predicted molar refractivity (Wildman–Crippen MR) is 81.5 cm³/mol. The SMILES string of the molecule is Cc1cccc(OCCCC(=O)N2CSCC2C(=O)O)c1. The van der Waals surface area contributed by atoms with Gasteiger partial charge in [0.1, 0.15) is 11.8 Å². The number of carboxylic acid groups (broad SMARTS) is 1. The van der Waals surface area contributed by atoms with Crippen LogP contribution in [0.3, 0.4) is 0 Å². The van der Waals surface area contributed by atoms with E-state index in [0.29, 0.717) is 31.1 Å². The summed E-state index contributed by atoms with van der Waals surface area (Å²) < 4.78 is 5.58. The Morgan fingerprint density at radius 1 is 1.48 bits per heavy atom. The third-order valence-electron chi connectivity index (χ3n) is 3.28. The fraction of sp³-hybridized carbons (Fsp3) is 0.467. The van der Waals surface area contributed by atoms with Crippen LogP contribution in [0.4, 0.5) is 0 Å². The second-order valence-corrected chi connectivity index (χ2v) is 5.99. The van der Waals surface area contributed by atoms with Crippen molar-refractivity contribution in [3.05, 3.63) is 29.8 Å². The van der Waals surface area contributed by atoms with Gasteiger partial charge in [0, 0.05) is 12.2 Å². The zero-order valence-corrected chi connectivity index (χ0v) is 12.8. The predicted octanol–water partition coefficient (Wildman–Crippen LogP) is 2.14. The van der Waals surface area contributed by atoms with Crippen molar-refractivity contribution >= 4 is 23.6 Å². The van der Waals surface area contributed by atoms with Crippen molar-refractivity contribution in [3.63, 3.8) is 0 Å². The van der Waals surface area contributed by atoms with E-state index in [2.05, 4.69) is 0 Å². The summed E-state index contributed by atoms with van der Waals surface area (Å²) in [4.78, 5) is 24.5. The second kappa shape index (κ2) is 7.36. The third kappa shape index (κ3) is 4.39. The minimum Gasteiger partial charge on any atom is -0.494 e. The van der Waals surface area contributed by atoms with Gasteiger partial charge in [0.05, 0.1) is 12.5 Å². The normalized spacial score (nSPS) is 17.8. The molecule has 1 aromatic rings. The van der Waals surface area contributed by atoms with Crippen LogP contribution in [0.25, 0.3) is 0 Å². The Morgan fingerprint density at radius 2 is 2.29 bits per heavy atom. The Bertz CT molecular complexity index is 520. The van der Waals surface area contributed by atoms with Crippen molar-refractivity contribution < 1.29 is 19.4 Å². The fourth-order valence-electron chi connectivity index (χ4n) is 2.16. The highest BCUT2D eigenvalue weighted by Crippen LogP contribution is 2.22. The average Bonchev–Trinajstić information content (AvgIpc) is 2.93. The molecule has 114 valence electrons. The maximum Gasteiger partial charge on any atom is 0.327 e. The van der Waals surface area contributed by atoms with Crippen LogP contribution in [0, 0.1) is 6.92 Å². The van der Waals surface area contributed by atoms with E-state index in [-0.39, 0.29) is 5.91 Å². The summed E-state index contributed by atoms with van der Waals surface area (Å²) >= 11 is 1.48. The molecular weight excluding hydrogens is 290 g/mol. The molecule has 0 aromatic heterocycles. The van der Waals surface area contributed by atoms with Gasteiger partial charge in [-0.05, 0) is 31.0 Å². The van der Waals surface area contributed by atoms with Gasteiger partial charge in [-0.1, -0.05) is 12.1 Å². The summed E-state index contributed by atoms with van der Waals surface area (Å²) in [5.41, 5.74) is 1.13. The molecule has 1 amide bonds. The van der Waals surface area contributed by atoms with Gasteiger partial charge < -0.3 is 14.7 Å². The van der Waals surface area contributed by atoms with Crippen LogP contribution >= 0.6 is 11.8 Å². The summed E-state index contributed by atoms with van der Waals surface area (Å²) in [5, 5.41) is 9.05. The van der Waals surface area contributed by atoms with Crippen molar-refractivity contribution in [2.75, 3.05) is 18.2 Å². The number of aryl methyl sites for hydroxylation is 1. The van der Waals surface area contributed by atoms with Gasteiger partial charge in [0.15, 0.2) is 0 Å². The summed E-state index contributed by atoms with van der Waals surface area (Å²) in [5.74, 6) is 0.697. The number of nitrogens with zero attached hydrogens (tertiary/aromatic N) is 1. The number of carbonyl (C=O) groups is 2. The molecule has 1 aliphatic heterocycles. The fourth-order valence-corrected chi connectivity index (χ4v) is 3.33. The van der Waals surface area contributed by atoms with Crippen LogP contribution < -0.4 is 4.74 Å². The van der Waals surface area contributed by atoms with E-state index in [0.717, 1.165) is 11.3 Å². The number of carbonyl (C=O) groups excluding carboxylic acids is 1. The molecule has 2 rings (SSSR count). The quantitative estimate of drug-likeness (QED) is 0.816. The molecule has 0 saturated carbocycles. The molecule has 1 aromatic carbocycles. The number of amides is 1. The number of benzene rings is 1. The van der Waals surface area contributed by atoms with Crippen molar-refractivity contribution in [2.24, 2.45) is 0 Å². The van der Waals surface area contributed by atoms with E-state index >= 15 is 0 Å². The number of hydrogen-bond acceptors (Lipinski definition) is 4. The number of hydrogen-bond donors (Lipinski definition) is 1. The molecule has 0 spiro atoms. The maximum atomic E-state index is 12.0. The Morgan fingerprint density at radius 3 is 3.00 bits per heavy atom. The molecule has 1 atom stereocenters. The van der Waals surface area contributed by atoms with Gasteiger partial charge in [0.2, 0.25) is 5.91 Å². The maximum absolute atomic E-state index is 12.0. The molecule has 1 fully saturated rings. The molecule has 1 saturated heterocycles. The molecular formula is C15H19NO4S. The molecule has 0 radical (unpaired) electrons. The Hall–Kier alpha value is -1.69. The number of thioether (sulfide) groups is 1. The van der Waals surface area contributed by atoms with Gasteiger partial charge >= 0.3 is 5.97 Å². The Labute approximate surface area is 128 Å². The smallest absolute Gasteiger partial charge is 0.327 e. The van der Waals surface area contributed by atoms with Crippen molar-refractivity contribution in [3.8, 4) is 5.75 Å². The molecule has 1 aliphatic rings. The minimum atomic E-state index is -0.927. The molecule has 6 heteroatoms. The van der Waals surface area contributed by atoms with E-state index < -0.39 is 12.0 Å². The van der Waals surface area contributed by atoms with Gasteiger partial charge in [0.25, 0.3) is 0 Å². The highest BCUT2D eigenvalue weighted by Gasteiger charge is 2.33. The Balaban J connectivity index is 1.73. The molecule has 1 unspecified atom stereocenters. The van der Waals surface area contributed by atoms with E-state index in [1.165, 1.54) is 16.7 Å². The molecule has 1 N–H and O–H groups in total. The van der Waals surface area contributed by atoms with Crippen LogP contribution in [0.2, 0.25) is 0 Å². The number of ether oxygens (including phenoxy) is 1. The van der Waals surface area contributed by atoms with E-state index in [1.807, 2.05) is 31.2 Å². The van der Waals surface area contributed by atoms with Gasteiger partial charge in [-0.2, -0.15) is 0 Å². The lowest BCUT2D eigenvalue weighted by molar-refractivity contribution is -0.147. The third-order valence-corrected chi connectivity index (χ3v) is 4.29. The summed E-state index contributed by atoms with van der Waals surface area (Å²) in [6, 6.07) is 7.06. The first-order valence-corrected chi connectivity index (χ1v) is 8.03. The van der Waals surface area contributed by atoms with Crippen molar-refractivity contribution in [1.82, 2.24) is 4.90 Å². The standard InChI is InChI=1S/C15H19NO4S/c1-11-4-2-5-12(8-11)20-7-3-6-14(17)16-10-21-9-13(16)15(18)19/h2,4-5,8,13H,3,6-7,9-10H2,1H3,(H,18,19). The van der Waals surface area contributed by atoms with Crippen LogP contribution in [0.1, 0.15) is 18.4 Å². The van der Waals surface area contributed by atoms with Crippen LogP contribution in [0.15, 0.2) is 24.3 Å². The van der Waals surface area contributed by atoms with Crippen molar-refractivity contribution in [1.29, 1.82) is 0 Å². The number of aliphatic carboxylic acids is 1. The number of rotatable bonds is 6. The lowest BCUT2D eigenvalue weighted by atomic mass is 10.2. The first-order chi connectivity index (χ1) is 10.1. The summed E-state index contributed by atoms with van der Waals surface area (Å²) in [6.45, 7) is 2.45. The highest BCUT2D eigenvalue weighted by atomic mass is 32.2. The van der Waals surface area contributed by atoms with Crippen LogP contribution in [0.5, 0.6) is 5.75 Å². The highest BCUT2D eigenvalue weighted by molar-refractivity contribution is 7.99. The van der Waals surface area contributed by atoms with Crippen LogP contribution in [-0.2, 0) is 9.59 Å². The number of carboxylic acids is 1. The van der Waals surface area contributed by atoms with E-state index in [1.54, 1.807) is 0 Å².